The second kappa shape index (κ2) is 6.00. The molecule has 0 spiro atoms. The fourth-order valence-electron chi connectivity index (χ4n) is 3.29. The Bertz CT molecular complexity index is 537. The molecule has 3 heterocycles. The van der Waals surface area contributed by atoms with Crippen LogP contribution in [-0.4, -0.2) is 40.4 Å². The van der Waals surface area contributed by atoms with E-state index in [9.17, 15) is 4.79 Å². The van der Waals surface area contributed by atoms with Crippen molar-refractivity contribution in [2.45, 2.75) is 52.5 Å². The second-order valence-electron chi connectivity index (χ2n) is 6.03. The highest BCUT2D eigenvalue weighted by atomic mass is 16.2. The van der Waals surface area contributed by atoms with Gasteiger partial charge in [-0.3, -0.25) is 4.79 Å². The Labute approximate surface area is 126 Å². The third-order valence-corrected chi connectivity index (χ3v) is 4.37. The van der Waals surface area contributed by atoms with Gasteiger partial charge in [-0.25, -0.2) is 9.97 Å². The number of carbonyl (C=O) groups is 1. The number of nitrogens with zero attached hydrogens (tertiary/aromatic N) is 4. The number of rotatable bonds is 3. The molecule has 5 heteroatoms. The van der Waals surface area contributed by atoms with E-state index in [4.69, 9.17) is 0 Å². The summed E-state index contributed by atoms with van der Waals surface area (Å²) in [6.07, 6.45) is 4.87. The van der Waals surface area contributed by atoms with E-state index in [1.54, 1.807) is 0 Å². The first-order chi connectivity index (χ1) is 10.2. The monoisotopic (exact) mass is 288 g/mol. The van der Waals surface area contributed by atoms with Gasteiger partial charge in [-0.1, -0.05) is 6.92 Å². The van der Waals surface area contributed by atoms with Gasteiger partial charge in [0.2, 0.25) is 5.91 Å². The quantitative estimate of drug-likeness (QED) is 0.854. The number of hydrogen-bond donors (Lipinski definition) is 0. The number of aromatic nitrogens is 2. The van der Waals surface area contributed by atoms with Gasteiger partial charge < -0.3 is 9.80 Å². The minimum atomic E-state index is 0.260. The predicted molar refractivity (Wildman–Crippen MR) is 82.2 cm³/mol. The summed E-state index contributed by atoms with van der Waals surface area (Å²) in [6, 6.07) is 0. The van der Waals surface area contributed by atoms with E-state index in [0.717, 1.165) is 49.8 Å². The molecule has 0 unspecified atom stereocenters. The molecule has 2 aliphatic rings. The lowest BCUT2D eigenvalue weighted by Gasteiger charge is -2.31. The predicted octanol–water partition coefficient (Wildman–Crippen LogP) is 2.07. The van der Waals surface area contributed by atoms with Crippen LogP contribution in [0.2, 0.25) is 0 Å². The molecule has 1 saturated heterocycles. The molecule has 5 nitrogen and oxygen atoms in total. The minimum absolute atomic E-state index is 0.260. The summed E-state index contributed by atoms with van der Waals surface area (Å²) in [7, 11) is 0. The van der Waals surface area contributed by atoms with Crippen LogP contribution in [0.5, 0.6) is 0 Å². The molecule has 0 saturated carbocycles. The fourth-order valence-corrected chi connectivity index (χ4v) is 3.29. The summed E-state index contributed by atoms with van der Waals surface area (Å²) in [6.45, 7) is 7.64. The SMILES string of the molecule is CCCC(=O)N1CCc2nc(C)nc(N3CCCC3)c2C1. The molecular formula is C16H24N4O. The molecule has 2 aliphatic heterocycles. The summed E-state index contributed by atoms with van der Waals surface area (Å²) in [5.41, 5.74) is 2.32. The molecule has 21 heavy (non-hydrogen) atoms. The van der Waals surface area contributed by atoms with Gasteiger partial charge in [0, 0.05) is 38.0 Å². The van der Waals surface area contributed by atoms with Crippen LogP contribution in [0.1, 0.15) is 49.7 Å². The number of aryl methyl sites for hydroxylation is 1. The maximum Gasteiger partial charge on any atom is 0.222 e. The van der Waals surface area contributed by atoms with Gasteiger partial charge in [0.25, 0.3) is 0 Å². The van der Waals surface area contributed by atoms with Crippen LogP contribution in [0.4, 0.5) is 5.82 Å². The zero-order valence-corrected chi connectivity index (χ0v) is 13.1. The maximum atomic E-state index is 12.2. The van der Waals surface area contributed by atoms with Crippen molar-refractivity contribution in [1.29, 1.82) is 0 Å². The van der Waals surface area contributed by atoms with E-state index in [0.29, 0.717) is 13.0 Å². The molecule has 1 aromatic rings. The highest BCUT2D eigenvalue weighted by Crippen LogP contribution is 2.29. The average molecular weight is 288 g/mol. The highest BCUT2D eigenvalue weighted by molar-refractivity contribution is 5.76. The summed E-state index contributed by atoms with van der Waals surface area (Å²) in [5.74, 6) is 2.18. The van der Waals surface area contributed by atoms with Crippen molar-refractivity contribution >= 4 is 11.7 Å². The first-order valence-electron chi connectivity index (χ1n) is 8.08. The number of fused-ring (bicyclic) bond motifs is 1. The zero-order valence-electron chi connectivity index (χ0n) is 13.1. The largest absolute Gasteiger partial charge is 0.356 e. The van der Waals surface area contributed by atoms with E-state index in [2.05, 4.69) is 21.8 Å². The highest BCUT2D eigenvalue weighted by Gasteiger charge is 2.27. The number of amides is 1. The summed E-state index contributed by atoms with van der Waals surface area (Å²) in [5, 5.41) is 0. The van der Waals surface area contributed by atoms with Gasteiger partial charge in [-0.05, 0) is 26.2 Å². The molecular weight excluding hydrogens is 264 g/mol. The van der Waals surface area contributed by atoms with Crippen LogP contribution in [-0.2, 0) is 17.8 Å². The first-order valence-corrected chi connectivity index (χ1v) is 8.08. The van der Waals surface area contributed by atoms with Gasteiger partial charge in [0.15, 0.2) is 0 Å². The van der Waals surface area contributed by atoms with Crippen molar-refractivity contribution < 1.29 is 4.79 Å². The van der Waals surface area contributed by atoms with Crippen molar-refractivity contribution in [3.05, 3.63) is 17.1 Å². The van der Waals surface area contributed by atoms with Crippen molar-refractivity contribution in [2.24, 2.45) is 0 Å². The Balaban J connectivity index is 1.90. The van der Waals surface area contributed by atoms with Crippen LogP contribution in [0.25, 0.3) is 0 Å². The Morgan fingerprint density at radius 2 is 1.95 bits per heavy atom. The molecule has 0 bridgehead atoms. The second-order valence-corrected chi connectivity index (χ2v) is 6.03. The Morgan fingerprint density at radius 1 is 1.19 bits per heavy atom. The van der Waals surface area contributed by atoms with E-state index < -0.39 is 0 Å². The fraction of sp³-hybridized carbons (Fsp3) is 0.688. The van der Waals surface area contributed by atoms with E-state index in [1.807, 2.05) is 11.8 Å². The van der Waals surface area contributed by atoms with Crippen molar-refractivity contribution in [2.75, 3.05) is 24.5 Å². The first kappa shape index (κ1) is 14.3. The number of hydrogen-bond acceptors (Lipinski definition) is 4. The summed E-state index contributed by atoms with van der Waals surface area (Å²) >= 11 is 0. The third-order valence-electron chi connectivity index (χ3n) is 4.37. The van der Waals surface area contributed by atoms with Crippen LogP contribution >= 0.6 is 0 Å². The minimum Gasteiger partial charge on any atom is -0.356 e. The van der Waals surface area contributed by atoms with Gasteiger partial charge in [-0.2, -0.15) is 0 Å². The van der Waals surface area contributed by atoms with E-state index in [1.165, 1.54) is 18.4 Å². The maximum absolute atomic E-state index is 12.2. The summed E-state index contributed by atoms with van der Waals surface area (Å²) < 4.78 is 0. The molecule has 1 amide bonds. The van der Waals surface area contributed by atoms with Gasteiger partial charge in [0.05, 0.1) is 12.2 Å². The number of carbonyl (C=O) groups excluding carboxylic acids is 1. The molecule has 0 radical (unpaired) electrons. The molecule has 0 atom stereocenters. The van der Waals surface area contributed by atoms with Crippen LogP contribution in [0.3, 0.4) is 0 Å². The number of anilines is 1. The Morgan fingerprint density at radius 3 is 2.67 bits per heavy atom. The summed E-state index contributed by atoms with van der Waals surface area (Å²) in [4.78, 5) is 25.8. The van der Waals surface area contributed by atoms with Crippen LogP contribution < -0.4 is 4.90 Å². The Hall–Kier alpha value is -1.65. The zero-order chi connectivity index (χ0) is 14.8. The molecule has 1 aromatic heterocycles. The van der Waals surface area contributed by atoms with Gasteiger partial charge in [-0.15, -0.1) is 0 Å². The van der Waals surface area contributed by atoms with Crippen molar-refractivity contribution in [3.63, 3.8) is 0 Å². The molecule has 0 aromatic carbocycles. The van der Waals surface area contributed by atoms with Gasteiger partial charge >= 0.3 is 0 Å². The average Bonchev–Trinajstić information content (AvgIpc) is 3.00. The molecule has 0 N–H and O–H groups in total. The molecule has 3 rings (SSSR count). The molecule has 1 fully saturated rings. The molecule has 114 valence electrons. The smallest absolute Gasteiger partial charge is 0.222 e. The normalized spacial score (nSPS) is 18.0. The van der Waals surface area contributed by atoms with E-state index in [-0.39, 0.29) is 5.91 Å². The van der Waals surface area contributed by atoms with Crippen LogP contribution in [0, 0.1) is 6.92 Å². The van der Waals surface area contributed by atoms with E-state index >= 15 is 0 Å². The lowest BCUT2D eigenvalue weighted by Crippen LogP contribution is -2.37. The van der Waals surface area contributed by atoms with Crippen molar-refractivity contribution in [1.82, 2.24) is 14.9 Å². The van der Waals surface area contributed by atoms with Gasteiger partial charge in [0.1, 0.15) is 11.6 Å². The Kier molecular flexibility index (Phi) is 4.08. The molecule has 0 aliphatic carbocycles. The topological polar surface area (TPSA) is 49.3 Å². The van der Waals surface area contributed by atoms with Crippen LogP contribution in [0.15, 0.2) is 0 Å². The van der Waals surface area contributed by atoms with Crippen molar-refractivity contribution in [3.8, 4) is 0 Å². The third kappa shape index (κ3) is 2.87. The lowest BCUT2D eigenvalue weighted by molar-refractivity contribution is -0.132. The lowest BCUT2D eigenvalue weighted by atomic mass is 10.0. The standard InChI is InChI=1S/C16H24N4O/c1-3-6-15(21)20-10-7-14-13(11-20)16(18-12(2)17-14)19-8-4-5-9-19/h3-11H2,1-2H3.